The lowest BCUT2D eigenvalue weighted by molar-refractivity contribution is -0.0128. The lowest BCUT2D eigenvalue weighted by Crippen LogP contribution is -2.41. The minimum absolute atomic E-state index is 0.563. The molecule has 2 heteroatoms. The summed E-state index contributed by atoms with van der Waals surface area (Å²) in [5.41, 5.74) is -0.685. The Hall–Kier alpha value is -1.33. The van der Waals surface area contributed by atoms with Gasteiger partial charge in [-0.05, 0) is 32.8 Å². The largest absolute Gasteiger partial charge is 0.389 e. The Labute approximate surface area is 91.2 Å². The van der Waals surface area contributed by atoms with Gasteiger partial charge in [-0.25, -0.2) is 0 Å². The highest BCUT2D eigenvalue weighted by Crippen LogP contribution is 2.33. The summed E-state index contributed by atoms with van der Waals surface area (Å²) in [5, 5.41) is 19.1. The van der Waals surface area contributed by atoms with Crippen molar-refractivity contribution in [1.29, 1.82) is 5.26 Å². The fraction of sp³-hybridized carbons (Fsp3) is 0.462. The van der Waals surface area contributed by atoms with Gasteiger partial charge in [0.25, 0.3) is 0 Å². The third kappa shape index (κ3) is 2.57. The Morgan fingerprint density at radius 2 is 1.73 bits per heavy atom. The maximum absolute atomic E-state index is 9.98. The number of aliphatic hydroxyl groups is 1. The molecule has 1 N–H and O–H groups in total. The van der Waals surface area contributed by atoms with Crippen molar-refractivity contribution in [3.63, 3.8) is 0 Å². The Morgan fingerprint density at radius 1 is 1.20 bits per heavy atom. The predicted molar refractivity (Wildman–Crippen MR) is 60.2 cm³/mol. The molecule has 0 aromatic heterocycles. The lowest BCUT2D eigenvalue weighted by Gasteiger charge is -2.34. The average Bonchev–Trinajstić information content (AvgIpc) is 2.17. The molecule has 1 aromatic rings. The summed E-state index contributed by atoms with van der Waals surface area (Å²) in [7, 11) is 0. The van der Waals surface area contributed by atoms with Gasteiger partial charge in [0.05, 0.1) is 17.1 Å². The van der Waals surface area contributed by atoms with Crippen LogP contribution in [0.25, 0.3) is 0 Å². The van der Waals surface area contributed by atoms with Gasteiger partial charge >= 0.3 is 0 Å². The molecule has 0 saturated carbocycles. The van der Waals surface area contributed by atoms with E-state index in [0.717, 1.165) is 5.56 Å². The van der Waals surface area contributed by atoms with E-state index in [0.29, 0.717) is 6.42 Å². The van der Waals surface area contributed by atoms with Crippen LogP contribution in [-0.2, 0) is 6.42 Å². The summed E-state index contributed by atoms with van der Waals surface area (Å²) in [6.45, 7) is 5.15. The van der Waals surface area contributed by atoms with Gasteiger partial charge in [0, 0.05) is 0 Å². The standard InChI is InChI=1S/C13H17NO/c1-12(2,15)13(3,10-14)9-11-7-5-4-6-8-11/h4-8,15H,9H2,1-3H3/t13-/m0/s1. The highest BCUT2D eigenvalue weighted by atomic mass is 16.3. The van der Waals surface area contributed by atoms with Crippen LogP contribution in [-0.4, -0.2) is 10.7 Å². The molecule has 0 fully saturated rings. The monoisotopic (exact) mass is 203 g/mol. The molecule has 1 atom stereocenters. The Morgan fingerprint density at radius 3 is 2.13 bits per heavy atom. The topological polar surface area (TPSA) is 44.0 Å². The number of rotatable bonds is 3. The highest BCUT2D eigenvalue weighted by molar-refractivity contribution is 5.21. The lowest BCUT2D eigenvalue weighted by atomic mass is 9.72. The van der Waals surface area contributed by atoms with Gasteiger partial charge in [-0.1, -0.05) is 30.3 Å². The van der Waals surface area contributed by atoms with Gasteiger partial charge in [-0.15, -0.1) is 0 Å². The number of nitrogens with zero attached hydrogens (tertiary/aromatic N) is 1. The van der Waals surface area contributed by atoms with Crippen LogP contribution in [0, 0.1) is 16.7 Å². The van der Waals surface area contributed by atoms with Crippen LogP contribution in [0.2, 0.25) is 0 Å². The molecule has 0 saturated heterocycles. The zero-order chi connectivity index (χ0) is 11.5. The molecule has 0 spiro atoms. The van der Waals surface area contributed by atoms with Crippen molar-refractivity contribution in [3.8, 4) is 6.07 Å². The molecule has 0 unspecified atom stereocenters. The summed E-state index contributed by atoms with van der Waals surface area (Å²) < 4.78 is 0. The van der Waals surface area contributed by atoms with E-state index in [1.54, 1.807) is 20.8 Å². The van der Waals surface area contributed by atoms with E-state index in [-0.39, 0.29) is 0 Å². The number of hydrogen-bond acceptors (Lipinski definition) is 2. The maximum atomic E-state index is 9.98. The molecular weight excluding hydrogens is 186 g/mol. The minimum Gasteiger partial charge on any atom is -0.389 e. The molecular formula is C13H17NO. The molecule has 80 valence electrons. The van der Waals surface area contributed by atoms with Gasteiger partial charge in [0.1, 0.15) is 0 Å². The molecule has 1 aromatic carbocycles. The molecule has 0 aliphatic carbocycles. The molecule has 0 heterocycles. The van der Waals surface area contributed by atoms with Crippen LogP contribution in [0.4, 0.5) is 0 Å². The molecule has 0 radical (unpaired) electrons. The van der Waals surface area contributed by atoms with Crippen molar-refractivity contribution in [2.75, 3.05) is 0 Å². The van der Waals surface area contributed by atoms with Crippen molar-refractivity contribution in [1.82, 2.24) is 0 Å². The Bertz CT molecular complexity index is 358. The molecule has 0 aliphatic heterocycles. The van der Waals surface area contributed by atoms with Gasteiger partial charge in [-0.2, -0.15) is 5.26 Å². The van der Waals surface area contributed by atoms with Gasteiger partial charge in [0.15, 0.2) is 0 Å². The summed E-state index contributed by atoms with van der Waals surface area (Å²) in [5.74, 6) is 0. The van der Waals surface area contributed by atoms with Crippen LogP contribution in [0.1, 0.15) is 26.3 Å². The van der Waals surface area contributed by atoms with E-state index in [2.05, 4.69) is 6.07 Å². The first-order chi connectivity index (χ1) is 6.89. The van der Waals surface area contributed by atoms with Gasteiger partial charge in [-0.3, -0.25) is 0 Å². The third-order valence-electron chi connectivity index (χ3n) is 3.00. The predicted octanol–water partition coefficient (Wildman–Crippen LogP) is 2.53. The van der Waals surface area contributed by atoms with E-state index in [1.165, 1.54) is 0 Å². The maximum Gasteiger partial charge on any atom is 0.0866 e. The van der Waals surface area contributed by atoms with Crippen LogP contribution in [0.5, 0.6) is 0 Å². The average molecular weight is 203 g/mol. The minimum atomic E-state index is -1.00. The fourth-order valence-electron chi connectivity index (χ4n) is 1.40. The summed E-state index contributed by atoms with van der Waals surface area (Å²) in [4.78, 5) is 0. The van der Waals surface area contributed by atoms with Crippen LogP contribution in [0.15, 0.2) is 30.3 Å². The quantitative estimate of drug-likeness (QED) is 0.820. The number of nitriles is 1. The second-order valence-corrected chi connectivity index (χ2v) is 4.67. The first-order valence-corrected chi connectivity index (χ1v) is 5.07. The van der Waals surface area contributed by atoms with Crippen molar-refractivity contribution in [2.24, 2.45) is 5.41 Å². The van der Waals surface area contributed by atoms with E-state index in [4.69, 9.17) is 0 Å². The van der Waals surface area contributed by atoms with Crippen molar-refractivity contribution in [2.45, 2.75) is 32.8 Å². The normalized spacial score (nSPS) is 15.4. The van der Waals surface area contributed by atoms with Gasteiger partial charge < -0.3 is 5.11 Å². The van der Waals surface area contributed by atoms with E-state index in [9.17, 15) is 10.4 Å². The summed E-state index contributed by atoms with van der Waals surface area (Å²) >= 11 is 0. The smallest absolute Gasteiger partial charge is 0.0866 e. The third-order valence-corrected chi connectivity index (χ3v) is 3.00. The second kappa shape index (κ2) is 4.04. The fourth-order valence-corrected chi connectivity index (χ4v) is 1.40. The van der Waals surface area contributed by atoms with Crippen LogP contribution >= 0.6 is 0 Å². The molecule has 1 rings (SSSR count). The zero-order valence-corrected chi connectivity index (χ0v) is 9.49. The Balaban J connectivity index is 2.94. The van der Waals surface area contributed by atoms with Crippen LogP contribution < -0.4 is 0 Å². The van der Waals surface area contributed by atoms with Crippen molar-refractivity contribution < 1.29 is 5.11 Å². The SMILES string of the molecule is CC(C)(O)[C@](C)(C#N)Cc1ccccc1. The van der Waals surface area contributed by atoms with E-state index >= 15 is 0 Å². The van der Waals surface area contributed by atoms with Crippen molar-refractivity contribution >= 4 is 0 Å². The Kier molecular flexibility index (Phi) is 3.16. The first kappa shape index (κ1) is 11.7. The zero-order valence-electron chi connectivity index (χ0n) is 9.49. The molecule has 2 nitrogen and oxygen atoms in total. The second-order valence-electron chi connectivity index (χ2n) is 4.67. The molecule has 0 bridgehead atoms. The summed E-state index contributed by atoms with van der Waals surface area (Å²) in [6.07, 6.45) is 0.563. The van der Waals surface area contributed by atoms with Crippen molar-refractivity contribution in [3.05, 3.63) is 35.9 Å². The summed E-state index contributed by atoms with van der Waals surface area (Å²) in [6, 6.07) is 12.0. The molecule has 0 aliphatic rings. The number of benzene rings is 1. The van der Waals surface area contributed by atoms with Crippen LogP contribution in [0.3, 0.4) is 0 Å². The van der Waals surface area contributed by atoms with E-state index < -0.39 is 11.0 Å². The number of hydrogen-bond donors (Lipinski definition) is 1. The first-order valence-electron chi connectivity index (χ1n) is 5.07. The molecule has 15 heavy (non-hydrogen) atoms. The van der Waals surface area contributed by atoms with E-state index in [1.807, 2.05) is 30.3 Å². The molecule has 0 amide bonds. The highest BCUT2D eigenvalue weighted by Gasteiger charge is 2.39. The van der Waals surface area contributed by atoms with Gasteiger partial charge in [0.2, 0.25) is 0 Å².